The van der Waals surface area contributed by atoms with Gasteiger partial charge in [0, 0.05) is 31.7 Å². The van der Waals surface area contributed by atoms with Crippen LogP contribution in [0.2, 0.25) is 0 Å². The maximum absolute atomic E-state index is 12.6. The van der Waals surface area contributed by atoms with Crippen LogP contribution in [0, 0.1) is 12.1 Å². The van der Waals surface area contributed by atoms with Crippen LogP contribution >= 0.6 is 0 Å². The number of nitrogens with one attached hydrogen (secondary N) is 1. The largest absolute Gasteiger partial charge is 1.00 e. The van der Waals surface area contributed by atoms with Gasteiger partial charge < -0.3 is 34.4 Å². The minimum atomic E-state index is -3.13. The van der Waals surface area contributed by atoms with Gasteiger partial charge in [-0.05, 0) is 37.6 Å². The molecule has 1 aromatic heterocycles. The van der Waals surface area contributed by atoms with Crippen molar-refractivity contribution in [1.29, 1.82) is 0 Å². The zero-order chi connectivity index (χ0) is 26.0. The molecule has 0 amide bonds. The van der Waals surface area contributed by atoms with Crippen LogP contribution in [0.5, 0.6) is 11.8 Å². The summed E-state index contributed by atoms with van der Waals surface area (Å²) in [5, 5.41) is 19.8. The van der Waals surface area contributed by atoms with Gasteiger partial charge in [-0.2, -0.15) is 13.8 Å². The molecule has 2 heterocycles. The summed E-state index contributed by atoms with van der Waals surface area (Å²) in [6.07, 6.45) is -0.845. The van der Waals surface area contributed by atoms with E-state index in [2.05, 4.69) is 16.3 Å². The quantitative estimate of drug-likeness (QED) is 0.392. The normalized spacial score (nSPS) is 20.1. The number of rotatable bonds is 8. The van der Waals surface area contributed by atoms with Crippen molar-refractivity contribution in [3.8, 4) is 11.8 Å². The maximum Gasteiger partial charge on any atom is 1.00 e. The third-order valence-corrected chi connectivity index (χ3v) is 5.23. The summed E-state index contributed by atoms with van der Waals surface area (Å²) in [7, 11) is 0. The fraction of sp³-hybridized carbons (Fsp3) is 0.560. The van der Waals surface area contributed by atoms with Gasteiger partial charge in [0.15, 0.2) is 5.76 Å². The number of nitrogens with zero attached hydrogens (tertiary/aromatic N) is 1. The van der Waals surface area contributed by atoms with E-state index in [1.165, 1.54) is 11.8 Å². The first-order valence-corrected chi connectivity index (χ1v) is 11.8. The van der Waals surface area contributed by atoms with Crippen LogP contribution in [-0.2, 0) is 4.74 Å². The smallest absolute Gasteiger partial charge is 0.788 e. The second kappa shape index (κ2) is 16.2. The molecule has 36 heavy (non-hydrogen) atoms. The van der Waals surface area contributed by atoms with E-state index < -0.39 is 12.2 Å². The molecule has 2 aromatic rings. The van der Waals surface area contributed by atoms with Crippen molar-refractivity contribution in [3.63, 3.8) is 0 Å². The van der Waals surface area contributed by atoms with Crippen LogP contribution in [-0.4, -0.2) is 41.6 Å². The summed E-state index contributed by atoms with van der Waals surface area (Å²) in [4.78, 5) is 3.93. The van der Waals surface area contributed by atoms with Crippen LogP contribution in [0.1, 0.15) is 69.4 Å². The zero-order valence-corrected chi connectivity index (χ0v) is 24.8. The number of aliphatic hydroxyl groups is 1. The molecule has 1 atom stereocenters. The van der Waals surface area contributed by atoms with E-state index >= 15 is 0 Å². The van der Waals surface area contributed by atoms with E-state index in [0.29, 0.717) is 50.5 Å². The van der Waals surface area contributed by atoms with Gasteiger partial charge in [0.1, 0.15) is 11.9 Å². The topological polar surface area (TPSA) is 109 Å². The van der Waals surface area contributed by atoms with Crippen molar-refractivity contribution < 1.29 is 83.9 Å². The fourth-order valence-electron chi connectivity index (χ4n) is 3.44. The molecule has 2 N–H and O–H groups in total. The van der Waals surface area contributed by atoms with Crippen LogP contribution in [0.15, 0.2) is 35.4 Å². The molecule has 196 valence electrons. The minimum Gasteiger partial charge on any atom is -0.788 e. The van der Waals surface area contributed by atoms with Gasteiger partial charge in [0.2, 0.25) is 0 Å². The summed E-state index contributed by atoms with van der Waals surface area (Å²) >= 11 is 0. The van der Waals surface area contributed by atoms with Crippen molar-refractivity contribution in [2.24, 2.45) is 0 Å². The molecule has 11 heteroatoms. The standard InChI is InChI=1S/C13H17F2N2O4.C10H12O2.C2H6.K/c1-8(3-4-17-18)11-7-16-12(20-11)19-9-5-10(6-9)21-13(2,14)15;1-7-2-3-10-8(6-7)9(11)4-5-12-10;1-2;/h7,9-10,17H,1,3-6H2,2H3;2-3,6,9,11H,4-5H2,1H3;1-2H3;/q-1;;;+1. The Kier molecular flexibility index (Phi) is 14.9. The van der Waals surface area contributed by atoms with Gasteiger partial charge in [-0.25, -0.2) is 0 Å². The maximum atomic E-state index is 12.6. The van der Waals surface area contributed by atoms with Gasteiger partial charge in [-0.3, -0.25) is 0 Å². The molecule has 0 spiro atoms. The Hall–Kier alpha value is -0.894. The summed E-state index contributed by atoms with van der Waals surface area (Å²) in [5.41, 5.74) is 4.49. The van der Waals surface area contributed by atoms with E-state index in [9.17, 15) is 19.1 Å². The van der Waals surface area contributed by atoms with Crippen LogP contribution in [0.4, 0.5) is 8.78 Å². The second-order valence-corrected chi connectivity index (χ2v) is 8.19. The summed E-state index contributed by atoms with van der Waals surface area (Å²) in [5.74, 6) is 1.27. The van der Waals surface area contributed by atoms with Gasteiger partial charge in [-0.15, -0.1) is 0 Å². The number of oxazole rings is 1. The fourth-order valence-corrected chi connectivity index (χ4v) is 3.44. The van der Waals surface area contributed by atoms with E-state index in [0.717, 1.165) is 11.3 Å². The van der Waals surface area contributed by atoms with Gasteiger partial charge in [-0.1, -0.05) is 32.1 Å². The van der Waals surface area contributed by atoms with Crippen LogP contribution in [0.3, 0.4) is 0 Å². The van der Waals surface area contributed by atoms with E-state index in [4.69, 9.17) is 13.9 Å². The van der Waals surface area contributed by atoms with Crippen molar-refractivity contribution in [2.75, 3.05) is 13.2 Å². The van der Waals surface area contributed by atoms with Crippen molar-refractivity contribution in [2.45, 2.75) is 77.8 Å². The Morgan fingerprint density at radius 2 is 2.00 bits per heavy atom. The molecule has 1 aliphatic carbocycles. The number of halogens is 2. The van der Waals surface area contributed by atoms with Crippen molar-refractivity contribution >= 4 is 5.57 Å². The molecule has 1 unspecified atom stereocenters. The Bertz CT molecular complexity index is 932. The number of alkyl halides is 2. The molecule has 0 radical (unpaired) electrons. The monoisotopic (exact) mass is 536 g/mol. The number of ether oxygens (including phenoxy) is 3. The van der Waals surface area contributed by atoms with Gasteiger partial charge in [0.25, 0.3) is 0 Å². The van der Waals surface area contributed by atoms with Crippen LogP contribution < -0.4 is 66.3 Å². The number of hydrogen-bond acceptors (Lipinski definition) is 8. The number of aliphatic hydroxyl groups excluding tert-OH is 1. The summed E-state index contributed by atoms with van der Waals surface area (Å²) in [6, 6.07) is 5.91. The van der Waals surface area contributed by atoms with Gasteiger partial charge >= 0.3 is 63.6 Å². The Morgan fingerprint density at radius 1 is 1.31 bits per heavy atom. The molecular weight excluding hydrogens is 501 g/mol. The third kappa shape index (κ3) is 10.8. The van der Waals surface area contributed by atoms with Crippen molar-refractivity contribution in [3.05, 3.63) is 53.1 Å². The predicted molar refractivity (Wildman–Crippen MR) is 128 cm³/mol. The molecular formula is C25H35F2KN2O6. The van der Waals surface area contributed by atoms with E-state index in [1.807, 2.05) is 39.0 Å². The molecule has 8 nitrogen and oxygen atoms in total. The molecule has 1 fully saturated rings. The number of fused-ring (bicyclic) bond motifs is 1. The number of aryl methyl sites for hydroxylation is 1. The number of hydrogen-bond donors (Lipinski definition) is 2. The molecule has 1 aromatic carbocycles. The van der Waals surface area contributed by atoms with Gasteiger partial charge in [0.05, 0.1) is 25.0 Å². The predicted octanol–water partition coefficient (Wildman–Crippen LogP) is 2.55. The molecule has 0 saturated heterocycles. The summed E-state index contributed by atoms with van der Waals surface area (Å²) in [6.45, 7) is 11.4. The third-order valence-electron chi connectivity index (χ3n) is 5.23. The van der Waals surface area contributed by atoms with E-state index in [1.54, 1.807) is 5.48 Å². The molecule has 2 aliphatic rings. The van der Waals surface area contributed by atoms with Crippen molar-refractivity contribution in [1.82, 2.24) is 10.5 Å². The number of hydroxylamine groups is 1. The molecule has 1 saturated carbocycles. The molecule has 0 bridgehead atoms. The first-order valence-electron chi connectivity index (χ1n) is 11.8. The SMILES string of the molecule is C=C(CCN[O-])c1cnc(OC2CC(OC(C)(F)F)C2)o1.CC.Cc1ccc2c(c1)C(O)CCO2.[K+]. The second-order valence-electron chi connectivity index (χ2n) is 8.19. The zero-order valence-electron chi connectivity index (χ0n) is 21.7. The Morgan fingerprint density at radius 3 is 2.64 bits per heavy atom. The van der Waals surface area contributed by atoms with E-state index in [-0.39, 0.29) is 76.2 Å². The Balaban J connectivity index is 0.000000367. The van der Waals surface area contributed by atoms with Crippen LogP contribution in [0.25, 0.3) is 5.57 Å². The Labute approximate surface area is 253 Å². The summed E-state index contributed by atoms with van der Waals surface area (Å²) < 4.78 is 45.9. The number of aromatic nitrogens is 1. The average molecular weight is 537 g/mol. The first-order chi connectivity index (χ1) is 16.6. The minimum absolute atomic E-state index is 0. The molecule has 1 aliphatic heterocycles. The first kappa shape index (κ1) is 33.1. The number of benzene rings is 1. The average Bonchev–Trinajstić information content (AvgIpc) is 3.26. The molecule has 4 rings (SSSR count).